The maximum absolute atomic E-state index is 12.9. The van der Waals surface area contributed by atoms with Gasteiger partial charge in [0.05, 0.1) is 27.2 Å². The molecule has 0 aliphatic rings. The molecule has 1 aromatic carbocycles. The SMILES string of the molecule is Cc1ccc(N=C([O-])c2sc3nc(N)c(C#N)c(-c4c(=O)o[nH][n+]4C)c3c2N)cc1Cl. The fourth-order valence-electron chi connectivity index (χ4n) is 3.11. The largest absolute Gasteiger partial charge is 0.858 e. The van der Waals surface area contributed by atoms with Crippen LogP contribution < -0.4 is 26.9 Å². The highest BCUT2D eigenvalue weighted by Gasteiger charge is 2.31. The molecular weight excluding hydrogens is 442 g/mol. The molecular formula is C19H14ClN7O3S. The van der Waals surface area contributed by atoms with Crippen molar-refractivity contribution in [2.75, 3.05) is 11.5 Å². The predicted octanol–water partition coefficient (Wildman–Crippen LogP) is 1.51. The van der Waals surface area contributed by atoms with Crippen molar-refractivity contribution in [1.29, 1.82) is 5.26 Å². The Morgan fingerprint density at radius 2 is 2.19 bits per heavy atom. The molecule has 0 aliphatic heterocycles. The van der Waals surface area contributed by atoms with Crippen molar-refractivity contribution in [2.24, 2.45) is 12.0 Å². The highest BCUT2D eigenvalue weighted by Crippen LogP contribution is 2.41. The third-order valence-electron chi connectivity index (χ3n) is 4.64. The molecule has 0 unspecified atom stereocenters. The van der Waals surface area contributed by atoms with Gasteiger partial charge in [-0.15, -0.1) is 11.3 Å². The van der Waals surface area contributed by atoms with Crippen molar-refractivity contribution in [1.82, 2.24) is 10.3 Å². The number of aliphatic imine (C=N–C) groups is 1. The summed E-state index contributed by atoms with van der Waals surface area (Å²) in [6.07, 6.45) is 0. The lowest BCUT2D eigenvalue weighted by Gasteiger charge is -2.10. The van der Waals surface area contributed by atoms with Gasteiger partial charge < -0.3 is 16.6 Å². The van der Waals surface area contributed by atoms with E-state index in [1.807, 2.05) is 13.0 Å². The number of aromatic amines is 1. The molecule has 0 bridgehead atoms. The molecule has 5 N–H and O–H groups in total. The Labute approximate surface area is 183 Å². The van der Waals surface area contributed by atoms with Crippen molar-refractivity contribution in [3.8, 4) is 17.3 Å². The van der Waals surface area contributed by atoms with E-state index in [-0.39, 0.29) is 43.4 Å². The minimum absolute atomic E-state index is 0.0152. The van der Waals surface area contributed by atoms with Crippen LogP contribution in [0.4, 0.5) is 17.2 Å². The van der Waals surface area contributed by atoms with Crippen molar-refractivity contribution in [3.63, 3.8) is 0 Å². The molecule has 156 valence electrons. The molecule has 0 saturated heterocycles. The Hall–Kier alpha value is -3.88. The number of hydrogen-bond donors (Lipinski definition) is 3. The quantitative estimate of drug-likeness (QED) is 0.238. The van der Waals surface area contributed by atoms with E-state index in [9.17, 15) is 15.2 Å². The summed E-state index contributed by atoms with van der Waals surface area (Å²) < 4.78 is 6.09. The van der Waals surface area contributed by atoms with Crippen LogP contribution in [0.1, 0.15) is 16.0 Å². The summed E-state index contributed by atoms with van der Waals surface area (Å²) in [6.45, 7) is 1.83. The van der Waals surface area contributed by atoms with Gasteiger partial charge in [-0.05, 0) is 29.9 Å². The van der Waals surface area contributed by atoms with Crippen molar-refractivity contribution < 1.29 is 14.3 Å². The van der Waals surface area contributed by atoms with Crippen LogP contribution in [0.25, 0.3) is 21.5 Å². The van der Waals surface area contributed by atoms with Crippen LogP contribution in [-0.2, 0) is 7.05 Å². The second-order valence-corrected chi connectivity index (χ2v) is 8.03. The number of nitrogen functional groups attached to an aromatic ring is 2. The van der Waals surface area contributed by atoms with E-state index in [2.05, 4.69) is 15.2 Å². The van der Waals surface area contributed by atoms with Gasteiger partial charge in [0, 0.05) is 10.9 Å². The second kappa shape index (κ2) is 7.42. The van der Waals surface area contributed by atoms with Gasteiger partial charge in [-0.25, -0.2) is 9.78 Å². The van der Waals surface area contributed by atoms with Gasteiger partial charge in [-0.2, -0.15) is 5.26 Å². The number of halogens is 1. The number of nitrogens with two attached hydrogens (primary N) is 2. The van der Waals surface area contributed by atoms with Crippen LogP contribution >= 0.6 is 22.9 Å². The van der Waals surface area contributed by atoms with Crippen LogP contribution in [-0.4, -0.2) is 16.2 Å². The Balaban J connectivity index is 2.01. The number of nitrogens with one attached hydrogen (secondary N) is 1. The van der Waals surface area contributed by atoms with Gasteiger partial charge in [0.25, 0.3) is 0 Å². The molecule has 4 rings (SSSR count). The minimum Gasteiger partial charge on any atom is -0.858 e. The van der Waals surface area contributed by atoms with Gasteiger partial charge in [0.15, 0.2) is 7.05 Å². The number of nitrogens with zero attached hydrogens (tertiary/aromatic N) is 4. The number of thiophene rings is 1. The third kappa shape index (κ3) is 3.27. The molecule has 0 spiro atoms. The average molecular weight is 456 g/mol. The van der Waals surface area contributed by atoms with E-state index in [0.717, 1.165) is 16.9 Å². The fraction of sp³-hybridized carbons (Fsp3) is 0.105. The number of benzene rings is 1. The van der Waals surface area contributed by atoms with Crippen LogP contribution in [0.15, 0.2) is 32.5 Å². The number of nitriles is 1. The first-order valence-corrected chi connectivity index (χ1v) is 9.94. The van der Waals surface area contributed by atoms with Crippen LogP contribution in [0, 0.1) is 18.3 Å². The van der Waals surface area contributed by atoms with Crippen LogP contribution in [0.5, 0.6) is 0 Å². The van der Waals surface area contributed by atoms with E-state index < -0.39 is 11.5 Å². The first-order valence-electron chi connectivity index (χ1n) is 8.74. The smallest absolute Gasteiger partial charge is 0.435 e. The summed E-state index contributed by atoms with van der Waals surface area (Å²) in [5.74, 6) is -0.720. The lowest BCUT2D eigenvalue weighted by molar-refractivity contribution is -0.730. The molecule has 3 heterocycles. The molecule has 3 aromatic heterocycles. The molecule has 10 nitrogen and oxygen atoms in total. The number of fused-ring (bicyclic) bond motifs is 1. The molecule has 0 saturated carbocycles. The summed E-state index contributed by atoms with van der Waals surface area (Å²) in [4.78, 5) is 20.9. The lowest BCUT2D eigenvalue weighted by Crippen LogP contribution is -2.34. The van der Waals surface area contributed by atoms with Crippen LogP contribution in [0.3, 0.4) is 0 Å². The highest BCUT2D eigenvalue weighted by atomic mass is 35.5. The summed E-state index contributed by atoms with van der Waals surface area (Å²) in [6, 6.07) is 6.91. The second-order valence-electron chi connectivity index (χ2n) is 6.62. The maximum atomic E-state index is 12.9. The van der Waals surface area contributed by atoms with E-state index in [4.69, 9.17) is 27.6 Å². The molecule has 31 heavy (non-hydrogen) atoms. The number of H-pyrrole nitrogens is 1. The first kappa shape index (κ1) is 20.4. The number of rotatable bonds is 3. The maximum Gasteiger partial charge on any atom is 0.435 e. The number of aromatic nitrogens is 3. The standard InChI is InChI=1S/C19H14ClN7O3S/c1-7-3-4-8(5-10(7)20)24-17(28)15-13(22)12-11(14-19(29)30-26-27(14)2)9(6-21)16(23)25-18(12)31-15/h3-5H,1-2H3,(H5-,22,23,24,25,26,28,29). The summed E-state index contributed by atoms with van der Waals surface area (Å²) in [5, 5.41) is 25.6. The number of aryl methyl sites for hydroxylation is 2. The van der Waals surface area contributed by atoms with Gasteiger partial charge in [0.2, 0.25) is 0 Å². The van der Waals surface area contributed by atoms with E-state index >= 15 is 0 Å². The van der Waals surface area contributed by atoms with E-state index in [1.165, 1.54) is 11.7 Å². The van der Waals surface area contributed by atoms with Crippen LogP contribution in [0.2, 0.25) is 5.02 Å². The molecule has 0 radical (unpaired) electrons. The summed E-state index contributed by atoms with van der Waals surface area (Å²) in [7, 11) is 1.52. The average Bonchev–Trinajstić information content (AvgIpc) is 3.22. The lowest BCUT2D eigenvalue weighted by atomic mass is 10.0. The predicted molar refractivity (Wildman–Crippen MR) is 115 cm³/mol. The number of anilines is 2. The van der Waals surface area contributed by atoms with Gasteiger partial charge in [0.1, 0.15) is 22.3 Å². The molecule has 4 aromatic rings. The van der Waals surface area contributed by atoms with Crippen molar-refractivity contribution >= 4 is 56.2 Å². The first-order chi connectivity index (χ1) is 14.7. The minimum atomic E-state index is -0.733. The molecule has 0 atom stereocenters. The Morgan fingerprint density at radius 1 is 1.45 bits per heavy atom. The zero-order chi connectivity index (χ0) is 22.4. The summed E-state index contributed by atoms with van der Waals surface area (Å²) in [5.41, 5.74) is 12.8. The molecule has 0 fully saturated rings. The van der Waals surface area contributed by atoms with E-state index in [0.29, 0.717) is 10.7 Å². The molecule has 0 amide bonds. The Morgan fingerprint density at radius 3 is 2.81 bits per heavy atom. The van der Waals surface area contributed by atoms with Crippen molar-refractivity contribution in [3.05, 3.63) is 49.6 Å². The highest BCUT2D eigenvalue weighted by molar-refractivity contribution is 7.21. The Bertz CT molecular complexity index is 1490. The molecule has 12 heteroatoms. The fourth-order valence-corrected chi connectivity index (χ4v) is 4.28. The third-order valence-corrected chi connectivity index (χ3v) is 6.13. The van der Waals surface area contributed by atoms with Gasteiger partial charge in [-0.3, -0.25) is 9.52 Å². The number of hydrogen-bond acceptors (Lipinski definition) is 9. The normalized spacial score (nSPS) is 11.7. The zero-order valence-electron chi connectivity index (χ0n) is 16.2. The Kier molecular flexibility index (Phi) is 4.88. The topological polar surface area (TPSA) is 174 Å². The van der Waals surface area contributed by atoms with Gasteiger partial charge in [-0.1, -0.05) is 22.3 Å². The van der Waals surface area contributed by atoms with Crippen molar-refractivity contribution in [2.45, 2.75) is 6.92 Å². The summed E-state index contributed by atoms with van der Waals surface area (Å²) >= 11 is 7.07. The monoisotopic (exact) mass is 455 g/mol. The van der Waals surface area contributed by atoms with E-state index in [1.54, 1.807) is 18.2 Å². The van der Waals surface area contributed by atoms with Gasteiger partial charge >= 0.3 is 11.3 Å². The molecule has 0 aliphatic carbocycles. The number of pyridine rings is 1. The zero-order valence-corrected chi connectivity index (χ0v) is 17.8.